The van der Waals surface area contributed by atoms with Crippen molar-refractivity contribution in [2.24, 2.45) is 0 Å². The first-order valence-corrected chi connectivity index (χ1v) is 6.64. The maximum atomic E-state index is 10.0. The van der Waals surface area contributed by atoms with Gasteiger partial charge in [0, 0.05) is 24.2 Å². The van der Waals surface area contributed by atoms with Crippen molar-refractivity contribution in [1.29, 1.82) is 0 Å². The molecule has 0 aliphatic heterocycles. The highest BCUT2D eigenvalue weighted by molar-refractivity contribution is 4.82. The predicted octanol–water partition coefficient (Wildman–Crippen LogP) is 1.17. The fourth-order valence-corrected chi connectivity index (χ4v) is 1.35. The van der Waals surface area contributed by atoms with Crippen LogP contribution in [0.25, 0.3) is 0 Å². The molecule has 0 aromatic rings. The third kappa shape index (κ3) is 6.14. The number of hydrogen-bond donors (Lipinski definition) is 2. The minimum Gasteiger partial charge on any atom is -0.389 e. The summed E-state index contributed by atoms with van der Waals surface area (Å²) in [4.78, 5) is 4.11. The third-order valence-electron chi connectivity index (χ3n) is 3.66. The molecular formula is C14H32N2O2. The summed E-state index contributed by atoms with van der Waals surface area (Å²) in [5.41, 5.74) is -0.00669. The van der Waals surface area contributed by atoms with Gasteiger partial charge in [0.05, 0.1) is 12.2 Å². The summed E-state index contributed by atoms with van der Waals surface area (Å²) in [6.07, 6.45) is -1.45. The van der Waals surface area contributed by atoms with Gasteiger partial charge in [0.15, 0.2) is 0 Å². The van der Waals surface area contributed by atoms with Crippen molar-refractivity contribution in [3.63, 3.8) is 0 Å². The highest BCUT2D eigenvalue weighted by Gasteiger charge is 2.27. The number of rotatable bonds is 5. The lowest BCUT2D eigenvalue weighted by Crippen LogP contribution is -2.50. The van der Waals surface area contributed by atoms with Crippen LogP contribution in [0.4, 0.5) is 0 Å². The Morgan fingerprint density at radius 3 is 1.11 bits per heavy atom. The average molecular weight is 260 g/mol. The molecule has 0 heterocycles. The van der Waals surface area contributed by atoms with Crippen LogP contribution in [0.15, 0.2) is 0 Å². The molecule has 2 atom stereocenters. The highest BCUT2D eigenvalue weighted by atomic mass is 16.3. The van der Waals surface area contributed by atoms with E-state index in [1.807, 2.05) is 14.1 Å². The molecule has 4 nitrogen and oxygen atoms in total. The Labute approximate surface area is 113 Å². The number of nitrogens with zero attached hydrogens (tertiary/aromatic N) is 2. The highest BCUT2D eigenvalue weighted by Crippen LogP contribution is 2.14. The van der Waals surface area contributed by atoms with Crippen LogP contribution in [-0.4, -0.2) is 70.5 Å². The van der Waals surface area contributed by atoms with Crippen molar-refractivity contribution >= 4 is 0 Å². The molecule has 0 saturated carbocycles. The summed E-state index contributed by atoms with van der Waals surface area (Å²) in [5.74, 6) is 0. The molecule has 4 heteroatoms. The van der Waals surface area contributed by atoms with Crippen LogP contribution in [0.2, 0.25) is 0 Å². The molecule has 0 aromatic carbocycles. The molecule has 0 aromatic heterocycles. The molecule has 2 unspecified atom stereocenters. The molecule has 0 radical (unpaired) electrons. The first-order chi connectivity index (χ1) is 7.85. The maximum Gasteiger partial charge on any atom is 0.0938 e. The first kappa shape index (κ1) is 17.8. The van der Waals surface area contributed by atoms with E-state index >= 15 is 0 Å². The van der Waals surface area contributed by atoms with E-state index < -0.39 is 12.2 Å². The second kappa shape index (κ2) is 6.33. The summed E-state index contributed by atoms with van der Waals surface area (Å²) in [7, 11) is 3.92. The number of aliphatic hydroxyl groups excluding tert-OH is 2. The van der Waals surface area contributed by atoms with Crippen LogP contribution >= 0.6 is 0 Å². The molecule has 0 bridgehead atoms. The van der Waals surface area contributed by atoms with Gasteiger partial charge in [-0.1, -0.05) is 0 Å². The molecule has 0 aliphatic rings. The van der Waals surface area contributed by atoms with E-state index in [4.69, 9.17) is 0 Å². The fourth-order valence-electron chi connectivity index (χ4n) is 1.35. The van der Waals surface area contributed by atoms with Crippen molar-refractivity contribution in [2.45, 2.75) is 64.8 Å². The van der Waals surface area contributed by atoms with Gasteiger partial charge in [-0.05, 0) is 55.6 Å². The lowest BCUT2D eigenvalue weighted by atomic mass is 10.0. The van der Waals surface area contributed by atoms with E-state index in [1.54, 1.807) is 0 Å². The van der Waals surface area contributed by atoms with E-state index in [2.05, 4.69) is 51.3 Å². The van der Waals surface area contributed by atoms with Gasteiger partial charge in [-0.3, -0.25) is 9.80 Å². The Hall–Kier alpha value is -0.160. The Kier molecular flexibility index (Phi) is 6.27. The van der Waals surface area contributed by atoms with Crippen molar-refractivity contribution in [1.82, 2.24) is 9.80 Å². The van der Waals surface area contributed by atoms with Gasteiger partial charge in [-0.25, -0.2) is 0 Å². The fraction of sp³-hybridized carbons (Fsp3) is 1.00. The molecule has 110 valence electrons. The van der Waals surface area contributed by atoms with E-state index in [1.165, 1.54) is 0 Å². The van der Waals surface area contributed by atoms with Crippen molar-refractivity contribution < 1.29 is 10.2 Å². The topological polar surface area (TPSA) is 46.9 Å². The maximum absolute atomic E-state index is 10.0. The number of β-amino-alcohol motifs (C(OH)–C–C–N with tert-alkyl or cyclic N) is 2. The first-order valence-electron chi connectivity index (χ1n) is 6.64. The molecule has 0 saturated heterocycles. The van der Waals surface area contributed by atoms with Crippen LogP contribution in [0.1, 0.15) is 41.5 Å². The Morgan fingerprint density at radius 2 is 0.944 bits per heavy atom. The summed E-state index contributed by atoms with van der Waals surface area (Å²) in [6.45, 7) is 13.5. The molecule has 0 spiro atoms. The van der Waals surface area contributed by atoms with E-state index in [-0.39, 0.29) is 11.1 Å². The third-order valence-corrected chi connectivity index (χ3v) is 3.66. The average Bonchev–Trinajstić information content (AvgIpc) is 2.14. The van der Waals surface area contributed by atoms with Gasteiger partial charge < -0.3 is 10.2 Å². The van der Waals surface area contributed by atoms with Gasteiger partial charge in [-0.2, -0.15) is 0 Å². The second-order valence-corrected chi connectivity index (χ2v) is 7.24. The minimum absolute atomic E-state index is 0.00334. The van der Waals surface area contributed by atoms with Crippen LogP contribution in [0, 0.1) is 0 Å². The summed E-state index contributed by atoms with van der Waals surface area (Å²) >= 11 is 0. The van der Waals surface area contributed by atoms with E-state index in [9.17, 15) is 10.2 Å². The number of aliphatic hydroxyl groups is 2. The minimum atomic E-state index is -0.723. The molecular weight excluding hydrogens is 228 g/mol. The van der Waals surface area contributed by atoms with Crippen LogP contribution in [0.3, 0.4) is 0 Å². The smallest absolute Gasteiger partial charge is 0.0938 e. The van der Waals surface area contributed by atoms with Gasteiger partial charge in [0.1, 0.15) is 0 Å². The zero-order valence-corrected chi connectivity index (χ0v) is 13.4. The van der Waals surface area contributed by atoms with Crippen LogP contribution in [0.5, 0.6) is 0 Å². The van der Waals surface area contributed by atoms with Crippen LogP contribution in [-0.2, 0) is 0 Å². The molecule has 0 amide bonds. The van der Waals surface area contributed by atoms with E-state index in [0.29, 0.717) is 13.1 Å². The zero-order valence-electron chi connectivity index (χ0n) is 13.4. The van der Waals surface area contributed by atoms with Crippen LogP contribution < -0.4 is 0 Å². The predicted molar refractivity (Wildman–Crippen MR) is 76.8 cm³/mol. The van der Waals surface area contributed by atoms with Crippen molar-refractivity contribution in [3.8, 4) is 0 Å². The van der Waals surface area contributed by atoms with Gasteiger partial charge >= 0.3 is 0 Å². The second-order valence-electron chi connectivity index (χ2n) is 7.24. The SMILES string of the molecule is CN(CC(O)C(O)CN(C)C(C)(C)C)C(C)(C)C. The summed E-state index contributed by atoms with van der Waals surface area (Å²) < 4.78 is 0. The Bertz CT molecular complexity index is 217. The largest absolute Gasteiger partial charge is 0.389 e. The van der Waals surface area contributed by atoms with Crippen molar-refractivity contribution in [3.05, 3.63) is 0 Å². The van der Waals surface area contributed by atoms with Gasteiger partial charge in [0.2, 0.25) is 0 Å². The molecule has 0 fully saturated rings. The molecule has 0 rings (SSSR count). The molecule has 0 aliphatic carbocycles. The normalized spacial score (nSPS) is 17.3. The van der Waals surface area contributed by atoms with E-state index in [0.717, 1.165) is 0 Å². The summed E-state index contributed by atoms with van der Waals surface area (Å²) in [5, 5.41) is 20.1. The zero-order chi connectivity index (χ0) is 14.7. The molecule has 2 N–H and O–H groups in total. The number of hydrogen-bond acceptors (Lipinski definition) is 4. The van der Waals surface area contributed by atoms with Gasteiger partial charge in [-0.15, -0.1) is 0 Å². The molecule has 18 heavy (non-hydrogen) atoms. The number of likely N-dealkylation sites (N-methyl/N-ethyl adjacent to an activating group) is 2. The lowest BCUT2D eigenvalue weighted by Gasteiger charge is -2.37. The monoisotopic (exact) mass is 260 g/mol. The lowest BCUT2D eigenvalue weighted by molar-refractivity contribution is -0.0347. The summed E-state index contributed by atoms with van der Waals surface area (Å²) in [6, 6.07) is 0. The quantitative estimate of drug-likeness (QED) is 0.779. The van der Waals surface area contributed by atoms with Crippen molar-refractivity contribution in [2.75, 3.05) is 27.2 Å². The van der Waals surface area contributed by atoms with Gasteiger partial charge in [0.25, 0.3) is 0 Å². The Morgan fingerprint density at radius 1 is 0.722 bits per heavy atom. The standard InChI is InChI=1S/C14H32N2O2/c1-13(2,3)15(7)9-11(17)12(18)10-16(8)14(4,5)6/h11-12,17-18H,9-10H2,1-8H3. The Balaban J connectivity index is 4.32.